The third-order valence-electron chi connectivity index (χ3n) is 1.99. The van der Waals surface area contributed by atoms with Crippen molar-refractivity contribution in [3.63, 3.8) is 0 Å². The number of aromatic amines is 1. The van der Waals surface area contributed by atoms with Gasteiger partial charge in [0.25, 0.3) is 0 Å². The second kappa shape index (κ2) is 4.42. The van der Waals surface area contributed by atoms with Crippen molar-refractivity contribution in [3.05, 3.63) is 22.7 Å². The molecule has 0 bridgehead atoms. The Morgan fingerprint density at radius 3 is 2.71 bits per heavy atom. The molecule has 1 heterocycles. The van der Waals surface area contributed by atoms with Crippen LogP contribution in [0.15, 0.2) is 16.1 Å². The van der Waals surface area contributed by atoms with Crippen LogP contribution in [0.3, 0.4) is 0 Å². The number of nitrogen functional groups attached to an aromatic ring is 2. The molecule has 1 aromatic heterocycles. The molecule has 2 rings (SSSR count). The number of H-pyrrole nitrogens is 1. The Morgan fingerprint density at radius 1 is 1.41 bits per heavy atom. The quantitative estimate of drug-likeness (QED) is 0.730. The van der Waals surface area contributed by atoms with Gasteiger partial charge in [-0.2, -0.15) is 0 Å². The van der Waals surface area contributed by atoms with Crippen LogP contribution in [-0.4, -0.2) is 15.2 Å². The zero-order valence-electron chi connectivity index (χ0n) is 8.79. The summed E-state index contributed by atoms with van der Waals surface area (Å²) in [6.45, 7) is 1.74. The Labute approximate surface area is 106 Å². The highest BCUT2D eigenvalue weighted by Crippen LogP contribution is 2.38. The maximum Gasteiger partial charge on any atom is 0.213 e. The number of halogens is 2. The minimum atomic E-state index is -0.656. The molecule has 0 fully saturated rings. The molecular formula is C9H9ClFN5S. The van der Waals surface area contributed by atoms with E-state index in [2.05, 4.69) is 15.2 Å². The van der Waals surface area contributed by atoms with Crippen LogP contribution in [0.1, 0.15) is 5.82 Å². The van der Waals surface area contributed by atoms with Crippen LogP contribution in [-0.2, 0) is 0 Å². The largest absolute Gasteiger partial charge is 0.398 e. The Kier molecular flexibility index (Phi) is 3.12. The number of anilines is 2. The maximum absolute atomic E-state index is 13.8. The molecule has 8 heteroatoms. The molecule has 0 unspecified atom stereocenters. The lowest BCUT2D eigenvalue weighted by Crippen LogP contribution is -1.98. The van der Waals surface area contributed by atoms with Crippen LogP contribution in [0.5, 0.6) is 0 Å². The first kappa shape index (κ1) is 12.0. The summed E-state index contributed by atoms with van der Waals surface area (Å²) >= 11 is 6.70. The summed E-state index contributed by atoms with van der Waals surface area (Å²) in [6, 6.07) is 1.41. The second-order valence-electron chi connectivity index (χ2n) is 3.32. The van der Waals surface area contributed by atoms with Gasteiger partial charge in [-0.3, -0.25) is 5.10 Å². The van der Waals surface area contributed by atoms with E-state index < -0.39 is 5.82 Å². The van der Waals surface area contributed by atoms with E-state index in [-0.39, 0.29) is 21.3 Å². The van der Waals surface area contributed by atoms with Crippen molar-refractivity contribution >= 4 is 34.7 Å². The molecule has 0 spiro atoms. The van der Waals surface area contributed by atoms with Gasteiger partial charge in [0.05, 0.1) is 16.3 Å². The summed E-state index contributed by atoms with van der Waals surface area (Å²) in [6.07, 6.45) is 0. The lowest BCUT2D eigenvalue weighted by molar-refractivity contribution is 0.604. The minimum absolute atomic E-state index is 0.109. The molecule has 0 aliphatic heterocycles. The third kappa shape index (κ3) is 2.29. The van der Waals surface area contributed by atoms with Gasteiger partial charge in [0.2, 0.25) is 5.16 Å². The molecule has 0 aliphatic carbocycles. The first-order valence-corrected chi connectivity index (χ1v) is 5.78. The Morgan fingerprint density at radius 2 is 2.12 bits per heavy atom. The smallest absolute Gasteiger partial charge is 0.213 e. The van der Waals surface area contributed by atoms with E-state index in [4.69, 9.17) is 23.1 Å². The summed E-state index contributed by atoms with van der Waals surface area (Å²) in [5.74, 6) is -0.0235. The van der Waals surface area contributed by atoms with Crippen molar-refractivity contribution in [2.75, 3.05) is 11.5 Å². The summed E-state index contributed by atoms with van der Waals surface area (Å²) in [5.41, 5.74) is 11.5. The van der Waals surface area contributed by atoms with E-state index in [1.54, 1.807) is 6.92 Å². The molecule has 0 atom stereocenters. The topological polar surface area (TPSA) is 93.6 Å². The first-order chi connectivity index (χ1) is 7.99. The number of benzene rings is 1. The van der Waals surface area contributed by atoms with Gasteiger partial charge in [0.1, 0.15) is 10.8 Å². The minimum Gasteiger partial charge on any atom is -0.398 e. The summed E-state index contributed by atoms with van der Waals surface area (Å²) < 4.78 is 13.8. The molecule has 0 aliphatic rings. The number of aromatic nitrogens is 3. The fourth-order valence-corrected chi connectivity index (χ4v) is 2.24. The zero-order valence-corrected chi connectivity index (χ0v) is 10.4. The van der Waals surface area contributed by atoms with Gasteiger partial charge in [0, 0.05) is 0 Å². The molecule has 2 aromatic rings. The molecule has 1 aromatic carbocycles. The number of hydrogen-bond acceptors (Lipinski definition) is 5. The number of nitrogens with zero attached hydrogens (tertiary/aromatic N) is 2. The van der Waals surface area contributed by atoms with E-state index in [0.717, 1.165) is 11.8 Å². The zero-order chi connectivity index (χ0) is 12.6. The average molecular weight is 274 g/mol. The molecule has 90 valence electrons. The lowest BCUT2D eigenvalue weighted by Gasteiger charge is -2.08. The highest BCUT2D eigenvalue weighted by Gasteiger charge is 2.17. The highest BCUT2D eigenvalue weighted by molar-refractivity contribution is 7.99. The average Bonchev–Trinajstić information content (AvgIpc) is 2.67. The van der Waals surface area contributed by atoms with Gasteiger partial charge in [0.15, 0.2) is 5.82 Å². The van der Waals surface area contributed by atoms with Gasteiger partial charge >= 0.3 is 0 Å². The van der Waals surface area contributed by atoms with Crippen molar-refractivity contribution in [1.29, 1.82) is 0 Å². The highest BCUT2D eigenvalue weighted by atomic mass is 35.5. The van der Waals surface area contributed by atoms with Gasteiger partial charge in [-0.15, -0.1) is 5.10 Å². The second-order valence-corrected chi connectivity index (χ2v) is 4.67. The number of nitrogens with two attached hydrogens (primary N) is 2. The first-order valence-electron chi connectivity index (χ1n) is 4.59. The van der Waals surface area contributed by atoms with Gasteiger partial charge in [-0.25, -0.2) is 9.37 Å². The molecular weight excluding hydrogens is 265 g/mol. The van der Waals surface area contributed by atoms with Crippen LogP contribution in [0.4, 0.5) is 15.8 Å². The molecule has 5 N–H and O–H groups in total. The Bertz CT molecular complexity index is 571. The monoisotopic (exact) mass is 273 g/mol. The summed E-state index contributed by atoms with van der Waals surface area (Å²) in [7, 11) is 0. The van der Waals surface area contributed by atoms with E-state index in [0.29, 0.717) is 11.0 Å². The van der Waals surface area contributed by atoms with Gasteiger partial charge < -0.3 is 11.5 Å². The number of hydrogen-bond donors (Lipinski definition) is 3. The molecule has 0 radical (unpaired) electrons. The maximum atomic E-state index is 13.8. The SMILES string of the molecule is Cc1nc(Sc2c(N)cc(N)c(Cl)c2F)n[nH]1. The number of aryl methyl sites for hydroxylation is 1. The van der Waals surface area contributed by atoms with Gasteiger partial charge in [-0.05, 0) is 24.8 Å². The summed E-state index contributed by atoms with van der Waals surface area (Å²) in [4.78, 5) is 4.21. The summed E-state index contributed by atoms with van der Waals surface area (Å²) in [5, 5.41) is 6.75. The van der Waals surface area contributed by atoms with Crippen LogP contribution < -0.4 is 11.5 Å². The van der Waals surface area contributed by atoms with Crippen molar-refractivity contribution in [2.24, 2.45) is 0 Å². The molecule has 0 amide bonds. The van der Waals surface area contributed by atoms with Crippen molar-refractivity contribution in [2.45, 2.75) is 17.0 Å². The lowest BCUT2D eigenvalue weighted by atomic mass is 10.3. The normalized spacial score (nSPS) is 10.8. The van der Waals surface area contributed by atoms with Crippen molar-refractivity contribution in [3.8, 4) is 0 Å². The van der Waals surface area contributed by atoms with E-state index >= 15 is 0 Å². The number of rotatable bonds is 2. The van der Waals surface area contributed by atoms with E-state index in [9.17, 15) is 4.39 Å². The fraction of sp³-hybridized carbons (Fsp3) is 0.111. The van der Waals surface area contributed by atoms with E-state index in [1.165, 1.54) is 6.07 Å². The van der Waals surface area contributed by atoms with Crippen molar-refractivity contribution in [1.82, 2.24) is 15.2 Å². The third-order valence-corrected chi connectivity index (χ3v) is 3.36. The predicted molar refractivity (Wildman–Crippen MR) is 65.5 cm³/mol. The molecule has 17 heavy (non-hydrogen) atoms. The molecule has 5 nitrogen and oxygen atoms in total. The van der Waals surface area contributed by atoms with E-state index in [1.807, 2.05) is 0 Å². The van der Waals surface area contributed by atoms with Crippen LogP contribution in [0.25, 0.3) is 0 Å². The molecule has 0 saturated heterocycles. The number of nitrogens with one attached hydrogen (secondary N) is 1. The predicted octanol–water partition coefficient (Wildman–Crippen LogP) is 2.22. The van der Waals surface area contributed by atoms with Gasteiger partial charge in [-0.1, -0.05) is 11.6 Å². The fourth-order valence-electron chi connectivity index (χ4n) is 1.21. The van der Waals surface area contributed by atoms with Crippen molar-refractivity contribution < 1.29 is 4.39 Å². The van der Waals surface area contributed by atoms with Crippen LogP contribution >= 0.6 is 23.4 Å². The Hall–Kier alpha value is -1.47. The standard InChI is InChI=1S/C9H9ClFN5S/c1-3-14-9(16-15-3)17-8-5(13)2-4(12)6(10)7(8)11/h2H,12-13H2,1H3,(H,14,15,16). The molecule has 0 saturated carbocycles. The Balaban J connectivity index is 2.42. The van der Waals surface area contributed by atoms with Crippen LogP contribution in [0, 0.1) is 12.7 Å². The van der Waals surface area contributed by atoms with Crippen LogP contribution in [0.2, 0.25) is 5.02 Å².